The van der Waals surface area contributed by atoms with Crippen molar-refractivity contribution in [3.8, 4) is 0 Å². The van der Waals surface area contributed by atoms with Crippen molar-refractivity contribution in [2.24, 2.45) is 0 Å². The van der Waals surface area contributed by atoms with Gasteiger partial charge in [0, 0.05) is 11.1 Å². The minimum absolute atomic E-state index is 0.178. The number of halogens is 2. The number of carbonyl (C=O) groups excluding carboxylic acids is 1. The largest absolute Gasteiger partial charge is 0.274 e. The Morgan fingerprint density at radius 3 is 2.88 bits per heavy atom. The molecule has 2 rings (SSSR count). The van der Waals surface area contributed by atoms with Crippen molar-refractivity contribution in [2.45, 2.75) is 13.5 Å². The summed E-state index contributed by atoms with van der Waals surface area (Å²) in [6.07, 6.45) is 1.66. The maximum absolute atomic E-state index is 11.0. The van der Waals surface area contributed by atoms with Gasteiger partial charge in [0.1, 0.15) is 0 Å². The van der Waals surface area contributed by atoms with Crippen molar-refractivity contribution in [3.63, 3.8) is 0 Å². The lowest BCUT2D eigenvalue weighted by molar-refractivity contribution is 0.107. The van der Waals surface area contributed by atoms with E-state index in [2.05, 4.69) is 15.3 Å². The highest BCUT2D eigenvalue weighted by molar-refractivity contribution is 7.15. The van der Waals surface area contributed by atoms with Gasteiger partial charge in [0.15, 0.2) is 10.2 Å². The molecule has 0 unspecified atom stereocenters. The smallest absolute Gasteiger partial charge is 0.274 e. The van der Waals surface area contributed by atoms with Gasteiger partial charge in [-0.3, -0.25) is 4.79 Å². The van der Waals surface area contributed by atoms with Crippen LogP contribution in [-0.4, -0.2) is 25.2 Å². The van der Waals surface area contributed by atoms with E-state index >= 15 is 0 Å². The molecule has 16 heavy (non-hydrogen) atoms. The summed E-state index contributed by atoms with van der Waals surface area (Å²) in [5, 5.41) is 6.93. The Morgan fingerprint density at radius 2 is 2.38 bits per heavy atom. The van der Waals surface area contributed by atoms with Gasteiger partial charge < -0.3 is 0 Å². The first-order valence-corrected chi connectivity index (χ1v) is 5.85. The van der Waals surface area contributed by atoms with E-state index in [0.717, 1.165) is 4.88 Å². The first-order chi connectivity index (χ1) is 7.58. The van der Waals surface area contributed by atoms with Crippen molar-refractivity contribution in [3.05, 3.63) is 26.9 Å². The fraction of sp³-hybridized carbons (Fsp3) is 0.250. The highest BCUT2D eigenvalue weighted by Gasteiger charge is 2.14. The van der Waals surface area contributed by atoms with E-state index in [1.54, 1.807) is 17.8 Å². The van der Waals surface area contributed by atoms with E-state index in [0.29, 0.717) is 16.7 Å². The molecule has 0 saturated heterocycles. The molecule has 0 aliphatic heterocycles. The third kappa shape index (κ3) is 2.23. The molecular formula is C8H6Cl2N4OS. The first-order valence-electron chi connectivity index (χ1n) is 4.28. The lowest BCUT2D eigenvalue weighted by Gasteiger charge is -1.99. The van der Waals surface area contributed by atoms with E-state index < -0.39 is 5.24 Å². The second-order valence-electron chi connectivity index (χ2n) is 3.03. The van der Waals surface area contributed by atoms with Gasteiger partial charge in [-0.25, -0.2) is 9.67 Å². The van der Waals surface area contributed by atoms with Gasteiger partial charge >= 0.3 is 0 Å². The van der Waals surface area contributed by atoms with Crippen molar-refractivity contribution < 1.29 is 4.79 Å². The van der Waals surface area contributed by atoms with Crippen LogP contribution in [0.3, 0.4) is 0 Å². The normalized spacial score (nSPS) is 10.7. The Bertz CT molecular complexity index is 536. The van der Waals surface area contributed by atoms with Gasteiger partial charge in [0.2, 0.25) is 0 Å². The third-order valence-corrected chi connectivity index (χ3v) is 3.28. The fourth-order valence-corrected chi connectivity index (χ4v) is 2.33. The summed E-state index contributed by atoms with van der Waals surface area (Å²) in [7, 11) is 0. The maximum atomic E-state index is 11.0. The zero-order valence-corrected chi connectivity index (χ0v) is 10.5. The van der Waals surface area contributed by atoms with Crippen LogP contribution in [-0.2, 0) is 6.54 Å². The summed E-state index contributed by atoms with van der Waals surface area (Å²) in [5.41, 5.74) is 0.807. The maximum Gasteiger partial charge on any atom is 0.274 e. The minimum Gasteiger partial charge on any atom is -0.274 e. The molecule has 84 valence electrons. The monoisotopic (exact) mass is 276 g/mol. The molecule has 0 aliphatic carbocycles. The number of hydrogen-bond donors (Lipinski definition) is 0. The summed E-state index contributed by atoms with van der Waals surface area (Å²) in [4.78, 5) is 15.8. The summed E-state index contributed by atoms with van der Waals surface area (Å²) in [6, 6.07) is 0. The lowest BCUT2D eigenvalue weighted by atomic mass is 10.3. The van der Waals surface area contributed by atoms with Crippen molar-refractivity contribution in [1.29, 1.82) is 0 Å². The number of thiazole rings is 1. The molecule has 0 N–H and O–H groups in total. The van der Waals surface area contributed by atoms with Crippen molar-refractivity contribution in [2.75, 3.05) is 0 Å². The fourth-order valence-electron chi connectivity index (χ4n) is 1.20. The van der Waals surface area contributed by atoms with Crippen LogP contribution in [0.4, 0.5) is 0 Å². The molecule has 2 aromatic rings. The molecule has 2 heterocycles. The molecule has 0 aliphatic rings. The summed E-state index contributed by atoms with van der Waals surface area (Å²) >= 11 is 12.4. The van der Waals surface area contributed by atoms with E-state index in [4.69, 9.17) is 23.2 Å². The highest BCUT2D eigenvalue weighted by atomic mass is 35.5. The Morgan fingerprint density at radius 1 is 1.62 bits per heavy atom. The molecule has 0 bridgehead atoms. The van der Waals surface area contributed by atoms with Gasteiger partial charge in [-0.1, -0.05) is 16.8 Å². The van der Waals surface area contributed by atoms with Crippen molar-refractivity contribution in [1.82, 2.24) is 20.0 Å². The molecule has 0 fully saturated rings. The molecule has 0 atom stereocenters. The molecule has 0 spiro atoms. The third-order valence-electron chi connectivity index (χ3n) is 2.00. The van der Waals surface area contributed by atoms with Crippen LogP contribution in [0, 0.1) is 6.92 Å². The highest BCUT2D eigenvalue weighted by Crippen LogP contribution is 2.19. The Hall–Kier alpha value is -0.980. The average Bonchev–Trinajstić information content (AvgIpc) is 2.76. The number of nitrogens with zero attached hydrogens (tertiary/aromatic N) is 4. The molecule has 0 amide bonds. The number of rotatable bonds is 3. The standard InChI is InChI=1S/C8H6Cl2N4OS/c1-4-6(7(9)15)12-13-14(4)3-5-2-11-8(10)16-5/h2H,3H2,1H3. The topological polar surface area (TPSA) is 60.7 Å². The molecule has 0 saturated carbocycles. The number of hydrogen-bond acceptors (Lipinski definition) is 5. The van der Waals surface area contributed by atoms with Crippen LogP contribution in [0.25, 0.3) is 0 Å². The molecule has 5 nitrogen and oxygen atoms in total. The predicted molar refractivity (Wildman–Crippen MR) is 61.2 cm³/mol. The quantitative estimate of drug-likeness (QED) is 0.806. The zero-order valence-electron chi connectivity index (χ0n) is 8.15. The minimum atomic E-state index is -0.605. The molecule has 2 aromatic heterocycles. The van der Waals surface area contributed by atoms with Gasteiger partial charge in [0.05, 0.1) is 12.2 Å². The second kappa shape index (κ2) is 4.48. The Labute approximate surface area is 105 Å². The van der Waals surface area contributed by atoms with Gasteiger partial charge in [-0.05, 0) is 18.5 Å². The summed E-state index contributed by atoms with van der Waals surface area (Å²) in [5.74, 6) is 0. The van der Waals surface area contributed by atoms with Crippen LogP contribution in [0.15, 0.2) is 6.20 Å². The van der Waals surface area contributed by atoms with Crippen LogP contribution in [0.5, 0.6) is 0 Å². The number of aromatic nitrogens is 4. The molecule has 8 heteroatoms. The van der Waals surface area contributed by atoms with Crippen LogP contribution >= 0.6 is 34.5 Å². The van der Waals surface area contributed by atoms with Crippen LogP contribution in [0.2, 0.25) is 4.47 Å². The van der Waals surface area contributed by atoms with Gasteiger partial charge in [0.25, 0.3) is 5.24 Å². The average molecular weight is 277 g/mol. The SMILES string of the molecule is Cc1c(C(=O)Cl)nnn1Cc1cnc(Cl)s1. The van der Waals surface area contributed by atoms with E-state index in [1.165, 1.54) is 11.3 Å². The Balaban J connectivity index is 2.25. The van der Waals surface area contributed by atoms with Gasteiger partial charge in [-0.2, -0.15) is 0 Å². The van der Waals surface area contributed by atoms with Crippen molar-refractivity contribution >= 4 is 39.8 Å². The number of carbonyl (C=O) groups is 1. The molecule has 0 radical (unpaired) electrons. The first kappa shape index (κ1) is 11.5. The van der Waals surface area contributed by atoms with E-state index in [1.807, 2.05) is 0 Å². The Kier molecular flexibility index (Phi) is 3.22. The second-order valence-corrected chi connectivity index (χ2v) is 5.07. The summed E-state index contributed by atoms with van der Waals surface area (Å²) in [6.45, 7) is 2.21. The van der Waals surface area contributed by atoms with E-state index in [-0.39, 0.29) is 5.69 Å². The molecular weight excluding hydrogens is 271 g/mol. The van der Waals surface area contributed by atoms with E-state index in [9.17, 15) is 4.79 Å². The van der Waals surface area contributed by atoms with Crippen LogP contribution in [0.1, 0.15) is 21.1 Å². The molecule has 0 aromatic carbocycles. The summed E-state index contributed by atoms with van der Waals surface area (Å²) < 4.78 is 2.06. The lowest BCUT2D eigenvalue weighted by Crippen LogP contribution is -2.03. The predicted octanol–water partition coefficient (Wildman–Crippen LogP) is 2.12. The van der Waals surface area contributed by atoms with Gasteiger partial charge in [-0.15, -0.1) is 16.4 Å². The van der Waals surface area contributed by atoms with Crippen LogP contribution < -0.4 is 0 Å². The zero-order chi connectivity index (χ0) is 11.7.